The summed E-state index contributed by atoms with van der Waals surface area (Å²) in [5.41, 5.74) is 0.701. The second kappa shape index (κ2) is 9.38. The molecule has 0 aromatic heterocycles. The topological polar surface area (TPSA) is 83.4 Å². The highest BCUT2D eigenvalue weighted by Gasteiger charge is 2.13. The lowest BCUT2D eigenvalue weighted by molar-refractivity contribution is -0.112. The number of hydrogen-bond acceptors (Lipinski definition) is 5. The number of nitriles is 1. The average molecular weight is 427 g/mol. The minimum atomic E-state index is -0.622. The van der Waals surface area contributed by atoms with E-state index in [1.165, 1.54) is 26.5 Å². The van der Waals surface area contributed by atoms with Crippen molar-refractivity contribution in [1.82, 2.24) is 0 Å². The largest absolute Gasteiger partial charge is 0.495 e. The Hall–Kier alpha value is -2.59. The summed E-state index contributed by atoms with van der Waals surface area (Å²) in [7, 11) is 2.94. The first-order valence-corrected chi connectivity index (χ1v) is 8.57. The molecule has 0 spiro atoms. The number of nitrogens with zero attached hydrogens (tertiary/aromatic N) is 1. The summed E-state index contributed by atoms with van der Waals surface area (Å²) in [6, 6.07) is 9.56. The van der Waals surface area contributed by atoms with Gasteiger partial charge in [-0.1, -0.05) is 34.8 Å². The number of ether oxygens (including phenoxy) is 2. The van der Waals surface area contributed by atoms with Gasteiger partial charge in [-0.25, -0.2) is 0 Å². The number of hydrogen-bond donors (Lipinski definition) is 2. The first-order chi connectivity index (χ1) is 12.9. The van der Waals surface area contributed by atoms with Crippen LogP contribution in [0.3, 0.4) is 0 Å². The van der Waals surface area contributed by atoms with Gasteiger partial charge in [-0.15, -0.1) is 0 Å². The van der Waals surface area contributed by atoms with Gasteiger partial charge in [-0.05, 0) is 18.2 Å². The number of nitrogens with one attached hydrogen (secondary N) is 2. The second-order valence-electron chi connectivity index (χ2n) is 5.08. The Morgan fingerprint density at radius 1 is 1.04 bits per heavy atom. The molecule has 0 atom stereocenters. The third-order valence-corrected chi connectivity index (χ3v) is 4.42. The van der Waals surface area contributed by atoms with Crippen molar-refractivity contribution in [1.29, 1.82) is 5.26 Å². The van der Waals surface area contributed by atoms with E-state index in [0.29, 0.717) is 32.9 Å². The maximum absolute atomic E-state index is 12.3. The molecule has 1 amide bonds. The molecule has 0 aliphatic carbocycles. The van der Waals surface area contributed by atoms with Crippen LogP contribution >= 0.6 is 34.8 Å². The van der Waals surface area contributed by atoms with Gasteiger partial charge in [0, 0.05) is 24.0 Å². The van der Waals surface area contributed by atoms with Crippen LogP contribution in [-0.2, 0) is 4.79 Å². The predicted molar refractivity (Wildman–Crippen MR) is 107 cm³/mol. The number of carbonyl (C=O) groups excluding carboxylic acids is 1. The van der Waals surface area contributed by atoms with Gasteiger partial charge < -0.3 is 20.1 Å². The second-order valence-corrected chi connectivity index (χ2v) is 6.31. The van der Waals surface area contributed by atoms with Crippen LogP contribution in [-0.4, -0.2) is 20.1 Å². The van der Waals surface area contributed by atoms with Crippen LogP contribution in [0.5, 0.6) is 11.5 Å². The molecule has 9 heteroatoms. The van der Waals surface area contributed by atoms with Crippen LogP contribution in [0, 0.1) is 11.3 Å². The molecule has 140 valence electrons. The Labute approximate surface area is 171 Å². The van der Waals surface area contributed by atoms with E-state index in [9.17, 15) is 10.1 Å². The molecule has 0 saturated carbocycles. The molecule has 2 aromatic rings. The number of halogens is 3. The van der Waals surface area contributed by atoms with Gasteiger partial charge >= 0.3 is 0 Å². The van der Waals surface area contributed by atoms with Gasteiger partial charge in [0.05, 0.1) is 35.0 Å². The molecular weight excluding hydrogens is 413 g/mol. The van der Waals surface area contributed by atoms with E-state index in [4.69, 9.17) is 44.3 Å². The molecule has 0 bridgehead atoms. The molecule has 0 heterocycles. The number of anilines is 2. The van der Waals surface area contributed by atoms with Gasteiger partial charge in [-0.2, -0.15) is 5.26 Å². The molecule has 2 N–H and O–H groups in total. The van der Waals surface area contributed by atoms with Crippen LogP contribution in [0.1, 0.15) is 0 Å². The number of methoxy groups -OCH3 is 2. The number of benzene rings is 2. The maximum Gasteiger partial charge on any atom is 0.267 e. The quantitative estimate of drug-likeness (QED) is 0.494. The molecule has 0 aliphatic rings. The highest BCUT2D eigenvalue weighted by molar-refractivity contribution is 6.42. The Kier molecular flexibility index (Phi) is 7.19. The zero-order valence-corrected chi connectivity index (χ0v) is 16.5. The van der Waals surface area contributed by atoms with E-state index < -0.39 is 5.91 Å². The van der Waals surface area contributed by atoms with Crippen LogP contribution in [0.2, 0.25) is 15.1 Å². The molecule has 27 heavy (non-hydrogen) atoms. The lowest BCUT2D eigenvalue weighted by atomic mass is 10.2. The van der Waals surface area contributed by atoms with Gasteiger partial charge in [-0.3, -0.25) is 4.79 Å². The Bertz CT molecular complexity index is 939. The predicted octanol–water partition coefficient (Wildman–Crippen LogP) is 5.12. The van der Waals surface area contributed by atoms with Crippen molar-refractivity contribution >= 4 is 52.1 Å². The smallest absolute Gasteiger partial charge is 0.267 e. The van der Waals surface area contributed by atoms with Gasteiger partial charge in [0.25, 0.3) is 5.91 Å². The molecule has 0 fully saturated rings. The highest BCUT2D eigenvalue weighted by Crippen LogP contribution is 2.36. The van der Waals surface area contributed by atoms with E-state index >= 15 is 0 Å². The first-order valence-electron chi connectivity index (χ1n) is 7.44. The molecule has 0 radical (unpaired) electrons. The van der Waals surface area contributed by atoms with E-state index in [1.54, 1.807) is 24.3 Å². The number of rotatable bonds is 6. The summed E-state index contributed by atoms with van der Waals surface area (Å²) in [6.45, 7) is 0. The van der Waals surface area contributed by atoms with Crippen molar-refractivity contribution in [3.8, 4) is 17.6 Å². The summed E-state index contributed by atoms with van der Waals surface area (Å²) < 4.78 is 10.4. The van der Waals surface area contributed by atoms with E-state index in [-0.39, 0.29) is 10.6 Å². The molecule has 0 saturated heterocycles. The Balaban J connectivity index is 2.22. The fraction of sp³-hybridized carbons (Fsp3) is 0.111. The molecule has 2 aromatic carbocycles. The first kappa shape index (κ1) is 20.7. The SMILES string of the molecule is COc1cc(N/C=C(/C#N)C(=O)Nc2ccc(Cl)c(Cl)c2)c(OC)cc1Cl. The van der Waals surface area contributed by atoms with Crippen LogP contribution in [0.4, 0.5) is 11.4 Å². The third-order valence-electron chi connectivity index (χ3n) is 3.39. The summed E-state index contributed by atoms with van der Waals surface area (Å²) >= 11 is 17.8. The van der Waals surface area contributed by atoms with Crippen LogP contribution < -0.4 is 20.1 Å². The molecular formula is C18H14Cl3N3O3. The lowest BCUT2D eigenvalue weighted by Crippen LogP contribution is -2.14. The third kappa shape index (κ3) is 5.20. The summed E-state index contributed by atoms with van der Waals surface area (Å²) in [6.07, 6.45) is 1.25. The van der Waals surface area contributed by atoms with Crippen molar-refractivity contribution in [3.05, 3.63) is 57.2 Å². The Morgan fingerprint density at radius 2 is 1.74 bits per heavy atom. The zero-order chi connectivity index (χ0) is 20.0. The Morgan fingerprint density at radius 3 is 2.33 bits per heavy atom. The summed E-state index contributed by atoms with van der Waals surface area (Å²) in [5.74, 6) is 0.203. The fourth-order valence-corrected chi connectivity index (χ4v) is 2.57. The minimum Gasteiger partial charge on any atom is -0.495 e. The molecule has 2 rings (SSSR count). The van der Waals surface area contributed by atoms with Crippen molar-refractivity contribution in [2.24, 2.45) is 0 Å². The fourth-order valence-electron chi connectivity index (χ4n) is 2.04. The zero-order valence-electron chi connectivity index (χ0n) is 14.3. The number of carbonyl (C=O) groups is 1. The van der Waals surface area contributed by atoms with E-state index in [1.807, 2.05) is 6.07 Å². The highest BCUT2D eigenvalue weighted by atomic mass is 35.5. The summed E-state index contributed by atoms with van der Waals surface area (Å²) in [5, 5.41) is 15.7. The molecule has 0 unspecified atom stereocenters. The van der Waals surface area contributed by atoms with Gasteiger partial charge in [0.1, 0.15) is 23.1 Å². The van der Waals surface area contributed by atoms with Crippen molar-refractivity contribution in [2.45, 2.75) is 0 Å². The maximum atomic E-state index is 12.3. The lowest BCUT2D eigenvalue weighted by Gasteiger charge is -2.12. The standard InChI is InChI=1S/C18H14Cl3N3O3/c1-26-16-7-15(17(27-2)6-14(16)21)23-9-10(8-22)18(25)24-11-3-4-12(19)13(20)5-11/h3-7,9,23H,1-2H3,(H,24,25)/b10-9-. The van der Waals surface area contributed by atoms with E-state index in [2.05, 4.69) is 10.6 Å². The monoisotopic (exact) mass is 425 g/mol. The molecule has 0 aliphatic heterocycles. The molecule has 6 nitrogen and oxygen atoms in total. The van der Waals surface area contributed by atoms with Crippen molar-refractivity contribution < 1.29 is 14.3 Å². The van der Waals surface area contributed by atoms with E-state index in [0.717, 1.165) is 0 Å². The minimum absolute atomic E-state index is 0.169. The van der Waals surface area contributed by atoms with Crippen molar-refractivity contribution in [2.75, 3.05) is 24.9 Å². The summed E-state index contributed by atoms with van der Waals surface area (Å²) in [4.78, 5) is 12.3. The normalized spacial score (nSPS) is 10.7. The van der Waals surface area contributed by atoms with Crippen LogP contribution in [0.15, 0.2) is 42.1 Å². The van der Waals surface area contributed by atoms with Crippen LogP contribution in [0.25, 0.3) is 0 Å². The average Bonchev–Trinajstić information content (AvgIpc) is 2.65. The van der Waals surface area contributed by atoms with Crippen molar-refractivity contribution in [3.63, 3.8) is 0 Å². The van der Waals surface area contributed by atoms with Gasteiger partial charge in [0.2, 0.25) is 0 Å². The number of amides is 1. The van der Waals surface area contributed by atoms with Gasteiger partial charge in [0.15, 0.2) is 0 Å².